The van der Waals surface area contributed by atoms with Gasteiger partial charge in [0.25, 0.3) is 0 Å². The Kier molecular flexibility index (Phi) is 3.49. The quantitative estimate of drug-likeness (QED) is 0.874. The van der Waals surface area contributed by atoms with Crippen molar-refractivity contribution in [2.24, 2.45) is 0 Å². The summed E-state index contributed by atoms with van der Waals surface area (Å²) in [4.78, 5) is 2.18. The van der Waals surface area contributed by atoms with E-state index < -0.39 is 0 Å². The minimum atomic E-state index is -0.368. The molecule has 2 heterocycles. The summed E-state index contributed by atoms with van der Waals surface area (Å²) >= 11 is 0. The summed E-state index contributed by atoms with van der Waals surface area (Å²) in [7, 11) is 0. The zero-order valence-electron chi connectivity index (χ0n) is 12.8. The molecule has 1 saturated carbocycles. The highest BCUT2D eigenvalue weighted by Crippen LogP contribution is 2.38. The number of piperidine rings is 1. The Morgan fingerprint density at radius 3 is 2.91 bits per heavy atom. The van der Waals surface area contributed by atoms with Gasteiger partial charge in [0.2, 0.25) is 0 Å². The zero-order chi connectivity index (χ0) is 15.8. The fourth-order valence-corrected chi connectivity index (χ4v) is 3.46. The lowest BCUT2D eigenvalue weighted by molar-refractivity contribution is 0.471. The summed E-state index contributed by atoms with van der Waals surface area (Å²) < 4.78 is 15.6. The third-order valence-electron chi connectivity index (χ3n) is 4.75. The highest BCUT2D eigenvalue weighted by Gasteiger charge is 2.31. The number of nitrogens with zero attached hydrogens (tertiary/aromatic N) is 5. The van der Waals surface area contributed by atoms with E-state index in [-0.39, 0.29) is 5.82 Å². The molecule has 0 spiro atoms. The van der Waals surface area contributed by atoms with Gasteiger partial charge in [-0.1, -0.05) is 0 Å². The number of hydrogen-bond acceptors (Lipinski definition) is 4. The molecule has 0 amide bonds. The lowest BCUT2D eigenvalue weighted by atomic mass is 9.96. The first-order chi connectivity index (χ1) is 11.3. The van der Waals surface area contributed by atoms with Crippen molar-refractivity contribution in [3.05, 3.63) is 41.7 Å². The van der Waals surface area contributed by atoms with Crippen LogP contribution in [0.15, 0.2) is 24.5 Å². The van der Waals surface area contributed by atoms with Gasteiger partial charge in [-0.15, -0.1) is 10.2 Å². The number of hydrogen-bond donors (Lipinski definition) is 0. The van der Waals surface area contributed by atoms with Crippen molar-refractivity contribution in [2.75, 3.05) is 18.0 Å². The van der Waals surface area contributed by atoms with E-state index in [1.54, 1.807) is 6.07 Å². The molecule has 1 aliphatic carbocycles. The number of anilines is 1. The van der Waals surface area contributed by atoms with Crippen molar-refractivity contribution in [3.63, 3.8) is 0 Å². The third kappa shape index (κ3) is 2.67. The van der Waals surface area contributed by atoms with Crippen LogP contribution in [0.3, 0.4) is 0 Å². The van der Waals surface area contributed by atoms with E-state index in [4.69, 9.17) is 0 Å². The van der Waals surface area contributed by atoms with Crippen LogP contribution in [-0.4, -0.2) is 27.9 Å². The smallest absolute Gasteiger partial charge is 0.137 e. The van der Waals surface area contributed by atoms with E-state index in [0.29, 0.717) is 17.5 Å². The van der Waals surface area contributed by atoms with E-state index in [0.717, 1.165) is 37.4 Å². The summed E-state index contributed by atoms with van der Waals surface area (Å²) in [6.07, 6.45) is 6.36. The second-order valence-electron chi connectivity index (χ2n) is 6.39. The molecule has 2 aliphatic rings. The van der Waals surface area contributed by atoms with Gasteiger partial charge in [-0.2, -0.15) is 5.26 Å². The Morgan fingerprint density at radius 1 is 1.26 bits per heavy atom. The normalized spacial score (nSPS) is 21.2. The van der Waals surface area contributed by atoms with Gasteiger partial charge >= 0.3 is 0 Å². The first-order valence-electron chi connectivity index (χ1n) is 8.10. The highest BCUT2D eigenvalue weighted by atomic mass is 19.1. The largest absolute Gasteiger partial charge is 0.370 e. The molecular weight excluding hydrogens is 293 g/mol. The van der Waals surface area contributed by atoms with E-state index in [1.807, 2.05) is 6.33 Å². The average Bonchev–Trinajstić information content (AvgIpc) is 3.31. The van der Waals surface area contributed by atoms with Crippen molar-refractivity contribution in [1.29, 1.82) is 5.26 Å². The van der Waals surface area contributed by atoms with Gasteiger partial charge < -0.3 is 9.47 Å². The Bertz CT molecular complexity index is 759. The number of aromatic nitrogens is 3. The molecule has 1 aliphatic heterocycles. The number of nitriles is 1. The predicted octanol–water partition coefficient (Wildman–Crippen LogP) is 3.01. The SMILES string of the molecule is N#Cc1cc(F)ccc1N1CCC[C@H](c2nncn2C2CC2)C1. The molecule has 23 heavy (non-hydrogen) atoms. The molecule has 0 N–H and O–H groups in total. The molecule has 0 unspecified atom stereocenters. The second-order valence-corrected chi connectivity index (χ2v) is 6.39. The monoisotopic (exact) mass is 311 g/mol. The van der Waals surface area contributed by atoms with Gasteiger partial charge in [-0.05, 0) is 43.9 Å². The van der Waals surface area contributed by atoms with Gasteiger partial charge in [0, 0.05) is 25.0 Å². The second kappa shape index (κ2) is 5.65. The summed E-state index contributed by atoms with van der Waals surface area (Å²) in [6.45, 7) is 1.68. The minimum absolute atomic E-state index is 0.309. The predicted molar refractivity (Wildman–Crippen MR) is 83.6 cm³/mol. The van der Waals surface area contributed by atoms with Crippen LogP contribution in [0, 0.1) is 17.1 Å². The molecule has 4 rings (SSSR count). The van der Waals surface area contributed by atoms with Crippen LogP contribution < -0.4 is 4.90 Å². The Balaban J connectivity index is 1.60. The Hall–Kier alpha value is -2.42. The third-order valence-corrected chi connectivity index (χ3v) is 4.75. The molecule has 5 nitrogen and oxygen atoms in total. The van der Waals surface area contributed by atoms with Crippen LogP contribution in [0.25, 0.3) is 0 Å². The summed E-state index contributed by atoms with van der Waals surface area (Å²) in [6, 6.07) is 7.12. The van der Waals surface area contributed by atoms with Crippen molar-refractivity contribution >= 4 is 5.69 Å². The van der Waals surface area contributed by atoms with Crippen molar-refractivity contribution in [1.82, 2.24) is 14.8 Å². The molecule has 6 heteroatoms. The molecule has 1 aromatic heterocycles. The lowest BCUT2D eigenvalue weighted by Crippen LogP contribution is -2.35. The zero-order valence-corrected chi connectivity index (χ0v) is 12.8. The maximum Gasteiger partial charge on any atom is 0.137 e. The summed E-state index contributed by atoms with van der Waals surface area (Å²) in [5.74, 6) is 0.994. The minimum Gasteiger partial charge on any atom is -0.370 e. The van der Waals surface area contributed by atoms with Gasteiger partial charge in [0.05, 0.1) is 11.3 Å². The van der Waals surface area contributed by atoms with Gasteiger partial charge in [-0.25, -0.2) is 4.39 Å². The van der Waals surface area contributed by atoms with Gasteiger partial charge in [0.1, 0.15) is 24.0 Å². The van der Waals surface area contributed by atoms with E-state index in [9.17, 15) is 9.65 Å². The molecule has 2 aromatic rings. The Labute approximate surface area is 134 Å². The average molecular weight is 311 g/mol. The van der Waals surface area contributed by atoms with E-state index >= 15 is 0 Å². The highest BCUT2D eigenvalue weighted by molar-refractivity contribution is 5.59. The van der Waals surface area contributed by atoms with Crippen molar-refractivity contribution in [2.45, 2.75) is 37.6 Å². The molecule has 118 valence electrons. The topological polar surface area (TPSA) is 57.7 Å². The summed E-state index contributed by atoms with van der Waals surface area (Å²) in [5, 5.41) is 17.7. The molecule has 0 bridgehead atoms. The van der Waals surface area contributed by atoms with Crippen LogP contribution >= 0.6 is 0 Å². The first-order valence-corrected chi connectivity index (χ1v) is 8.10. The van der Waals surface area contributed by atoms with E-state index in [1.165, 1.54) is 25.0 Å². The Morgan fingerprint density at radius 2 is 2.13 bits per heavy atom. The first kappa shape index (κ1) is 14.2. The lowest BCUT2D eigenvalue weighted by Gasteiger charge is -2.34. The fourth-order valence-electron chi connectivity index (χ4n) is 3.46. The van der Waals surface area contributed by atoms with Crippen molar-refractivity contribution in [3.8, 4) is 6.07 Å². The van der Waals surface area contributed by atoms with Crippen molar-refractivity contribution < 1.29 is 4.39 Å². The van der Waals surface area contributed by atoms with Gasteiger partial charge in [0.15, 0.2) is 0 Å². The van der Waals surface area contributed by atoms with Crippen LogP contribution in [-0.2, 0) is 0 Å². The van der Waals surface area contributed by atoms with Crippen LogP contribution in [0.2, 0.25) is 0 Å². The van der Waals surface area contributed by atoms with E-state index in [2.05, 4.69) is 25.7 Å². The van der Waals surface area contributed by atoms with Crippen LogP contribution in [0.5, 0.6) is 0 Å². The number of halogens is 1. The van der Waals surface area contributed by atoms with Crippen LogP contribution in [0.1, 0.15) is 49.0 Å². The maximum absolute atomic E-state index is 13.4. The van der Waals surface area contributed by atoms with Crippen LogP contribution in [0.4, 0.5) is 10.1 Å². The molecule has 2 fully saturated rings. The maximum atomic E-state index is 13.4. The standard InChI is InChI=1S/C17H18FN5/c18-14-3-6-16(13(8-14)9-19)22-7-1-2-12(10-22)17-21-20-11-23(17)15-4-5-15/h3,6,8,11-12,15H,1-2,4-5,7,10H2/t12-/m0/s1. The molecule has 0 radical (unpaired) electrons. The summed E-state index contributed by atoms with van der Waals surface area (Å²) in [5.41, 5.74) is 1.21. The molecule has 1 aromatic carbocycles. The fraction of sp³-hybridized carbons (Fsp3) is 0.471. The molecular formula is C17H18FN5. The molecule has 1 atom stereocenters. The van der Waals surface area contributed by atoms with Gasteiger partial charge in [-0.3, -0.25) is 0 Å². The molecule has 1 saturated heterocycles. The number of rotatable bonds is 3. The number of benzene rings is 1.